The highest BCUT2D eigenvalue weighted by molar-refractivity contribution is 5.98. The number of hydrogen-bond acceptors (Lipinski definition) is 5. The minimum atomic E-state index is -0.844. The summed E-state index contributed by atoms with van der Waals surface area (Å²) >= 11 is 0. The van der Waals surface area contributed by atoms with Crippen LogP contribution in [0.15, 0.2) is 54.6 Å². The fraction of sp³-hybridized carbons (Fsp3) is 0.190. The summed E-state index contributed by atoms with van der Waals surface area (Å²) in [6, 6.07) is 13.2. The van der Waals surface area contributed by atoms with Gasteiger partial charge in [-0.3, -0.25) is 25.2 Å². The van der Waals surface area contributed by atoms with Crippen LogP contribution < -0.4 is 25.6 Å². The lowest BCUT2D eigenvalue weighted by Crippen LogP contribution is -2.50. The highest BCUT2D eigenvalue weighted by Crippen LogP contribution is 2.30. The topological polar surface area (TPSA) is 106 Å². The summed E-state index contributed by atoms with van der Waals surface area (Å²) in [5, 5.41) is 2.53. The normalized spacial score (nSPS) is 13.4. The second kappa shape index (κ2) is 9.41. The van der Waals surface area contributed by atoms with Crippen molar-refractivity contribution in [2.75, 3.05) is 13.2 Å². The van der Waals surface area contributed by atoms with E-state index in [0.29, 0.717) is 30.3 Å². The van der Waals surface area contributed by atoms with E-state index in [0.717, 1.165) is 5.56 Å². The number of hydrogen-bond donors (Lipinski definition) is 3. The van der Waals surface area contributed by atoms with Gasteiger partial charge in [0.05, 0.1) is 0 Å². The van der Waals surface area contributed by atoms with E-state index < -0.39 is 23.8 Å². The predicted octanol–water partition coefficient (Wildman–Crippen LogP) is 1.44. The van der Waals surface area contributed by atoms with E-state index >= 15 is 0 Å². The Kier molecular flexibility index (Phi) is 6.47. The molecule has 0 aromatic heterocycles. The minimum Gasteiger partial charge on any atom is -0.486 e. The van der Waals surface area contributed by atoms with Gasteiger partial charge in [-0.15, -0.1) is 0 Å². The molecule has 0 saturated carbocycles. The SMILES string of the molecule is CC(NC(=O)/C=C/c1ccccc1)C(=O)NNC(=O)c1ccc2c(c1)OCCO2. The molecule has 1 aliphatic rings. The monoisotopic (exact) mass is 395 g/mol. The summed E-state index contributed by atoms with van der Waals surface area (Å²) in [5.41, 5.74) is 5.77. The maximum Gasteiger partial charge on any atom is 0.269 e. The van der Waals surface area contributed by atoms with E-state index in [-0.39, 0.29) is 0 Å². The molecule has 8 nitrogen and oxygen atoms in total. The Morgan fingerprint density at radius 1 is 0.966 bits per heavy atom. The maximum absolute atomic E-state index is 12.2. The standard InChI is InChI=1S/C21H21N3O5/c1-14(22-19(25)10-7-15-5-3-2-4-6-15)20(26)23-24-21(27)16-8-9-17-18(13-16)29-12-11-28-17/h2-10,13-14H,11-12H2,1H3,(H,22,25)(H,23,26)(H,24,27)/b10-7+. The highest BCUT2D eigenvalue weighted by Gasteiger charge is 2.17. The van der Waals surface area contributed by atoms with Crippen molar-refractivity contribution in [1.29, 1.82) is 0 Å². The van der Waals surface area contributed by atoms with Crippen molar-refractivity contribution in [2.24, 2.45) is 0 Å². The van der Waals surface area contributed by atoms with Crippen LogP contribution in [-0.2, 0) is 9.59 Å². The second-order valence-electron chi connectivity index (χ2n) is 6.28. The molecule has 150 valence electrons. The summed E-state index contributed by atoms with van der Waals surface area (Å²) in [6.45, 7) is 2.38. The first-order valence-corrected chi connectivity index (χ1v) is 9.06. The van der Waals surface area contributed by atoms with Crippen molar-refractivity contribution in [3.05, 3.63) is 65.7 Å². The molecule has 0 bridgehead atoms. The summed E-state index contributed by atoms with van der Waals surface area (Å²) < 4.78 is 10.8. The van der Waals surface area contributed by atoms with Crippen LogP contribution in [0.4, 0.5) is 0 Å². The first-order valence-electron chi connectivity index (χ1n) is 9.06. The molecule has 2 aromatic rings. The molecule has 8 heteroatoms. The number of hydrazine groups is 1. The highest BCUT2D eigenvalue weighted by atomic mass is 16.6. The Morgan fingerprint density at radius 2 is 1.69 bits per heavy atom. The molecule has 1 heterocycles. The third kappa shape index (κ3) is 5.58. The molecule has 0 aliphatic carbocycles. The van der Waals surface area contributed by atoms with Crippen LogP contribution in [0.2, 0.25) is 0 Å². The summed E-state index contributed by atoms with van der Waals surface area (Å²) in [5.74, 6) is -0.456. The van der Waals surface area contributed by atoms with Gasteiger partial charge in [0.15, 0.2) is 11.5 Å². The Balaban J connectivity index is 1.47. The fourth-order valence-electron chi connectivity index (χ4n) is 2.55. The molecule has 2 aromatic carbocycles. The minimum absolute atomic E-state index is 0.303. The van der Waals surface area contributed by atoms with Gasteiger partial charge in [0.25, 0.3) is 11.8 Å². The number of ether oxygens (including phenoxy) is 2. The summed E-state index contributed by atoms with van der Waals surface area (Å²) in [4.78, 5) is 36.3. The third-order valence-corrected chi connectivity index (χ3v) is 4.08. The molecular weight excluding hydrogens is 374 g/mol. The lowest BCUT2D eigenvalue weighted by atomic mass is 10.2. The average Bonchev–Trinajstić information content (AvgIpc) is 2.76. The zero-order chi connectivity index (χ0) is 20.6. The van der Waals surface area contributed by atoms with E-state index in [1.165, 1.54) is 19.1 Å². The lowest BCUT2D eigenvalue weighted by molar-refractivity contribution is -0.127. The third-order valence-electron chi connectivity index (χ3n) is 4.08. The smallest absolute Gasteiger partial charge is 0.269 e. The zero-order valence-electron chi connectivity index (χ0n) is 15.8. The van der Waals surface area contributed by atoms with Gasteiger partial charge in [0.1, 0.15) is 19.3 Å². The number of carbonyl (C=O) groups is 3. The number of nitrogens with one attached hydrogen (secondary N) is 3. The molecule has 0 fully saturated rings. The summed E-state index contributed by atoms with van der Waals surface area (Å²) in [7, 11) is 0. The zero-order valence-corrected chi connectivity index (χ0v) is 15.8. The molecule has 0 saturated heterocycles. The van der Waals surface area contributed by atoms with Crippen molar-refractivity contribution in [3.63, 3.8) is 0 Å². The number of benzene rings is 2. The van der Waals surface area contributed by atoms with Crippen LogP contribution in [0.3, 0.4) is 0 Å². The Labute approximate surface area is 167 Å². The number of fused-ring (bicyclic) bond motifs is 1. The van der Waals surface area contributed by atoms with E-state index in [1.807, 2.05) is 30.3 Å². The molecule has 29 heavy (non-hydrogen) atoms. The van der Waals surface area contributed by atoms with E-state index in [9.17, 15) is 14.4 Å². The molecule has 0 radical (unpaired) electrons. The van der Waals surface area contributed by atoms with Gasteiger partial charge >= 0.3 is 0 Å². The number of carbonyl (C=O) groups excluding carboxylic acids is 3. The van der Waals surface area contributed by atoms with Crippen LogP contribution in [-0.4, -0.2) is 37.0 Å². The molecule has 3 N–H and O–H groups in total. The number of rotatable bonds is 5. The molecule has 0 spiro atoms. The average molecular weight is 395 g/mol. The Bertz CT molecular complexity index is 927. The van der Waals surface area contributed by atoms with Crippen LogP contribution in [0.5, 0.6) is 11.5 Å². The van der Waals surface area contributed by atoms with Crippen LogP contribution in [0, 0.1) is 0 Å². The molecular formula is C21H21N3O5. The Hall–Kier alpha value is -3.81. The van der Waals surface area contributed by atoms with Crippen LogP contribution in [0.25, 0.3) is 6.08 Å². The van der Waals surface area contributed by atoms with Crippen molar-refractivity contribution in [1.82, 2.24) is 16.2 Å². The van der Waals surface area contributed by atoms with Gasteiger partial charge in [-0.2, -0.15) is 0 Å². The van der Waals surface area contributed by atoms with Gasteiger partial charge < -0.3 is 14.8 Å². The fourth-order valence-corrected chi connectivity index (χ4v) is 2.55. The molecule has 1 atom stereocenters. The molecule has 1 aliphatic heterocycles. The van der Waals surface area contributed by atoms with E-state index in [1.54, 1.807) is 18.2 Å². The van der Waals surface area contributed by atoms with Crippen molar-refractivity contribution in [3.8, 4) is 11.5 Å². The largest absolute Gasteiger partial charge is 0.486 e. The Morgan fingerprint density at radius 3 is 2.45 bits per heavy atom. The second-order valence-corrected chi connectivity index (χ2v) is 6.28. The van der Waals surface area contributed by atoms with E-state index in [2.05, 4.69) is 16.2 Å². The van der Waals surface area contributed by atoms with Crippen molar-refractivity contribution < 1.29 is 23.9 Å². The quantitative estimate of drug-likeness (QED) is 0.525. The van der Waals surface area contributed by atoms with Gasteiger partial charge in [-0.1, -0.05) is 30.3 Å². The maximum atomic E-state index is 12.2. The van der Waals surface area contributed by atoms with Gasteiger partial charge in [0.2, 0.25) is 5.91 Å². The van der Waals surface area contributed by atoms with Crippen LogP contribution in [0.1, 0.15) is 22.8 Å². The lowest BCUT2D eigenvalue weighted by Gasteiger charge is -2.19. The first kappa shape index (κ1) is 19.9. The summed E-state index contributed by atoms with van der Waals surface area (Å²) in [6.07, 6.45) is 2.98. The molecule has 3 amide bonds. The van der Waals surface area contributed by atoms with Gasteiger partial charge in [-0.25, -0.2) is 0 Å². The van der Waals surface area contributed by atoms with Gasteiger partial charge in [-0.05, 0) is 36.8 Å². The molecule has 1 unspecified atom stereocenters. The van der Waals surface area contributed by atoms with Crippen LogP contribution >= 0.6 is 0 Å². The molecule has 3 rings (SSSR count). The number of amides is 3. The van der Waals surface area contributed by atoms with E-state index in [4.69, 9.17) is 9.47 Å². The van der Waals surface area contributed by atoms with Crippen molar-refractivity contribution >= 4 is 23.8 Å². The van der Waals surface area contributed by atoms with Gasteiger partial charge in [0, 0.05) is 11.6 Å². The van der Waals surface area contributed by atoms with Crippen molar-refractivity contribution in [2.45, 2.75) is 13.0 Å². The first-order chi connectivity index (χ1) is 14.0. The predicted molar refractivity (Wildman–Crippen MR) is 106 cm³/mol.